The van der Waals surface area contributed by atoms with E-state index in [9.17, 15) is 0 Å². The molecule has 0 N–H and O–H groups in total. The molecule has 2 fully saturated rings. The van der Waals surface area contributed by atoms with Crippen LogP contribution in [0.25, 0.3) is 43.8 Å². The standard InChI is InChI=1S/2C25H31Si.C2H6Si.2ClH.Zr/c2*1-25(14-5-6-15-25)18-19-16-21-8-7-9-23(24(21)17-19)20-10-12-22(13-11-20)26(2,3)4;1-3-2;;;/h2*7-13,16-17H,5-6,14-15,18H2,1-4H3;1-2H3;2*1H;/q2*-1;;;;+4/p-2. The molecule has 6 aromatic rings. The van der Waals surface area contributed by atoms with Crippen molar-refractivity contribution in [2.24, 2.45) is 10.8 Å². The van der Waals surface area contributed by atoms with Crippen LogP contribution in [-0.4, -0.2) is 25.7 Å². The van der Waals surface area contributed by atoms with Crippen molar-refractivity contribution in [3.05, 3.63) is 120 Å². The van der Waals surface area contributed by atoms with E-state index in [-0.39, 0.29) is 0 Å². The molecule has 2 aliphatic carbocycles. The summed E-state index contributed by atoms with van der Waals surface area (Å²) < 4.78 is 0. The Kier molecular flexibility index (Phi) is 17.0. The van der Waals surface area contributed by atoms with E-state index >= 15 is 0 Å². The molecule has 6 aromatic carbocycles. The van der Waals surface area contributed by atoms with Crippen LogP contribution in [0.1, 0.15) is 76.3 Å². The van der Waals surface area contributed by atoms with Crippen molar-refractivity contribution in [1.29, 1.82) is 0 Å². The second kappa shape index (κ2) is 20.9. The van der Waals surface area contributed by atoms with Gasteiger partial charge in [-0.15, -0.1) is 69.1 Å². The van der Waals surface area contributed by atoms with Gasteiger partial charge in [0.1, 0.15) is 0 Å². The fourth-order valence-electron chi connectivity index (χ4n) is 9.40. The van der Waals surface area contributed by atoms with Crippen LogP contribution in [0.2, 0.25) is 52.4 Å². The van der Waals surface area contributed by atoms with Gasteiger partial charge in [0.25, 0.3) is 0 Å². The van der Waals surface area contributed by atoms with E-state index in [0.29, 0.717) is 10.8 Å². The molecule has 0 heterocycles. The molecule has 0 atom stereocenters. The van der Waals surface area contributed by atoms with E-state index in [2.05, 4.69) is 175 Å². The zero-order chi connectivity index (χ0) is 42.1. The summed E-state index contributed by atoms with van der Waals surface area (Å²) in [6.45, 7) is 23.7. The Morgan fingerprint density at radius 2 is 0.862 bits per heavy atom. The van der Waals surface area contributed by atoms with E-state index in [1.807, 2.05) is 0 Å². The summed E-state index contributed by atoms with van der Waals surface area (Å²) in [6.07, 6.45) is 13.6. The summed E-state index contributed by atoms with van der Waals surface area (Å²) in [7, 11) is 8.48. The van der Waals surface area contributed by atoms with E-state index < -0.39 is 37.0 Å². The van der Waals surface area contributed by atoms with Gasteiger partial charge in [0.05, 0.1) is 16.1 Å². The average Bonchev–Trinajstić information content (AvgIpc) is 3.99. The van der Waals surface area contributed by atoms with Gasteiger partial charge in [-0.25, -0.2) is 0 Å². The molecule has 0 amide bonds. The number of rotatable bonds is 8. The Labute approximate surface area is 376 Å². The molecule has 2 saturated carbocycles. The van der Waals surface area contributed by atoms with Crippen LogP contribution in [0.3, 0.4) is 0 Å². The van der Waals surface area contributed by atoms with E-state index in [1.165, 1.54) is 130 Å². The summed E-state index contributed by atoms with van der Waals surface area (Å²) >= 11 is -0.826. The Hall–Kier alpha value is -1.79. The first-order valence-electron chi connectivity index (χ1n) is 21.6. The van der Waals surface area contributed by atoms with Crippen LogP contribution in [0.5, 0.6) is 0 Å². The molecule has 0 spiro atoms. The Morgan fingerprint density at radius 1 is 0.552 bits per heavy atom. The van der Waals surface area contributed by atoms with Crippen molar-refractivity contribution in [2.75, 3.05) is 0 Å². The fraction of sp³-hybridized carbons (Fsp3) is 0.423. The summed E-state index contributed by atoms with van der Waals surface area (Å²) in [6, 6.07) is 42.0. The monoisotopic (exact) mass is 936 g/mol. The molecule has 8 rings (SSSR count). The quantitative estimate of drug-likeness (QED) is 0.105. The van der Waals surface area contributed by atoms with Crippen molar-refractivity contribution >= 4 is 74.6 Å². The fourth-order valence-corrected chi connectivity index (χ4v) is 11.7. The first-order valence-corrected chi connectivity index (χ1v) is 37.0. The third-order valence-electron chi connectivity index (χ3n) is 12.6. The first kappa shape index (κ1) is 47.3. The van der Waals surface area contributed by atoms with Crippen LogP contribution < -0.4 is 10.4 Å². The normalized spacial score (nSPS) is 15.8. The van der Waals surface area contributed by atoms with Crippen molar-refractivity contribution < 1.29 is 20.8 Å². The van der Waals surface area contributed by atoms with Crippen molar-refractivity contribution in [3.8, 4) is 22.3 Å². The summed E-state index contributed by atoms with van der Waals surface area (Å²) in [5.74, 6) is 0. The maximum absolute atomic E-state index is 4.93. The summed E-state index contributed by atoms with van der Waals surface area (Å²) in [5, 5.41) is 8.70. The third kappa shape index (κ3) is 12.6. The Balaban J connectivity index is 0.000000195. The molecule has 0 nitrogen and oxygen atoms in total. The molecule has 0 unspecified atom stereocenters. The van der Waals surface area contributed by atoms with Gasteiger partial charge >= 0.3 is 37.9 Å². The van der Waals surface area contributed by atoms with Gasteiger partial charge in [-0.1, -0.05) is 174 Å². The number of fused-ring (bicyclic) bond motifs is 2. The molecule has 306 valence electrons. The van der Waals surface area contributed by atoms with Crippen LogP contribution >= 0.6 is 17.0 Å². The van der Waals surface area contributed by atoms with Crippen LogP contribution in [0, 0.1) is 10.8 Å². The molecule has 0 saturated heterocycles. The zero-order valence-corrected chi connectivity index (χ0v) is 44.2. The van der Waals surface area contributed by atoms with E-state index in [4.69, 9.17) is 17.0 Å². The van der Waals surface area contributed by atoms with Gasteiger partial charge in [0.15, 0.2) is 0 Å². The van der Waals surface area contributed by atoms with Crippen LogP contribution in [0.4, 0.5) is 0 Å². The molecule has 0 aromatic heterocycles. The van der Waals surface area contributed by atoms with Gasteiger partial charge in [0, 0.05) is 9.52 Å². The van der Waals surface area contributed by atoms with Gasteiger partial charge in [-0.2, -0.15) is 12.1 Å². The topological polar surface area (TPSA) is 0 Å². The summed E-state index contributed by atoms with van der Waals surface area (Å²) in [4.78, 5) is 0. The van der Waals surface area contributed by atoms with Crippen molar-refractivity contribution in [1.82, 2.24) is 0 Å². The Bertz CT molecular complexity index is 2010. The van der Waals surface area contributed by atoms with Crippen LogP contribution in [-0.2, 0) is 33.7 Å². The second-order valence-electron chi connectivity index (χ2n) is 20.0. The number of benzene rings is 4. The molecule has 58 heavy (non-hydrogen) atoms. The maximum atomic E-state index is 4.93. The molecular weight excluding hydrogens is 871 g/mol. The van der Waals surface area contributed by atoms with Gasteiger partial charge in [-0.3, -0.25) is 0 Å². The first-order chi connectivity index (χ1) is 27.5. The SMILES string of the molecule is CC1(Cc2cc3c(-c4ccc([Si](C)(C)C)cc4)cccc3[cH-]2)CCCC1.CC1(Cc2cc3c(-c4ccc([Si](C)(C)C)cc4)cccc3[cH-]2)CCCC1.C[Si]C.[Cl][Zr+2][Cl]. The second-order valence-corrected chi connectivity index (χ2v) is 34.8. The number of hydrogen-bond donors (Lipinski definition) is 0. The average molecular weight is 940 g/mol. The zero-order valence-electron chi connectivity index (χ0n) is 37.2. The molecule has 0 aliphatic heterocycles. The molecule has 0 bridgehead atoms. The molecular formula is C52H68Cl2Si3Zr. The van der Waals surface area contributed by atoms with Crippen molar-refractivity contribution in [3.63, 3.8) is 0 Å². The number of halogens is 2. The van der Waals surface area contributed by atoms with E-state index in [0.717, 1.165) is 9.52 Å². The molecule has 2 aliphatic rings. The number of hydrogen-bond acceptors (Lipinski definition) is 0. The van der Waals surface area contributed by atoms with Gasteiger partial charge < -0.3 is 0 Å². The predicted octanol–water partition coefficient (Wildman–Crippen LogP) is 16.0. The molecule has 2 radical (unpaired) electrons. The predicted molar refractivity (Wildman–Crippen MR) is 266 cm³/mol. The molecule has 6 heteroatoms. The van der Waals surface area contributed by atoms with Crippen molar-refractivity contribution in [2.45, 2.75) is 130 Å². The summed E-state index contributed by atoms with van der Waals surface area (Å²) in [5.41, 5.74) is 9.54. The van der Waals surface area contributed by atoms with E-state index in [1.54, 1.807) is 0 Å². The van der Waals surface area contributed by atoms with Gasteiger partial charge in [-0.05, 0) is 60.5 Å². The minimum atomic E-state index is -1.24. The van der Waals surface area contributed by atoms with Crippen LogP contribution in [0.15, 0.2) is 109 Å². The minimum absolute atomic E-state index is 0.517. The van der Waals surface area contributed by atoms with Gasteiger partial charge in [0.2, 0.25) is 0 Å². The Morgan fingerprint density at radius 3 is 1.16 bits per heavy atom. The third-order valence-corrected chi connectivity index (χ3v) is 16.8.